The van der Waals surface area contributed by atoms with Crippen LogP contribution < -0.4 is 16.6 Å². The first kappa shape index (κ1) is 10.4. The summed E-state index contributed by atoms with van der Waals surface area (Å²) in [5.74, 6) is 5.18. The number of thiophene rings is 1. The smallest absolute Gasteiger partial charge is 0.181 e. The maximum atomic E-state index is 5.18. The van der Waals surface area contributed by atoms with Crippen LogP contribution in [0.15, 0.2) is 17.5 Å². The third kappa shape index (κ3) is 2.95. The third-order valence-corrected chi connectivity index (χ3v) is 2.95. The Labute approximate surface area is 87.3 Å². The van der Waals surface area contributed by atoms with Gasteiger partial charge in [-0.15, -0.1) is 11.3 Å². The minimum atomic E-state index is 0.267. The van der Waals surface area contributed by atoms with Crippen LogP contribution >= 0.6 is 23.6 Å². The van der Waals surface area contributed by atoms with Gasteiger partial charge in [0.1, 0.15) is 0 Å². The SMILES string of the molecule is CCC(NC(=S)NN)c1cccs1. The molecule has 0 spiro atoms. The predicted molar refractivity (Wildman–Crippen MR) is 60.4 cm³/mol. The number of nitrogens with two attached hydrogens (primary N) is 1. The van der Waals surface area contributed by atoms with Gasteiger partial charge in [0.25, 0.3) is 0 Å². The summed E-state index contributed by atoms with van der Waals surface area (Å²) >= 11 is 6.65. The van der Waals surface area contributed by atoms with Gasteiger partial charge in [0.2, 0.25) is 0 Å². The van der Waals surface area contributed by atoms with Crippen LogP contribution in [0.2, 0.25) is 0 Å². The summed E-state index contributed by atoms with van der Waals surface area (Å²) in [5.41, 5.74) is 2.42. The van der Waals surface area contributed by atoms with E-state index < -0.39 is 0 Å². The molecule has 1 aromatic rings. The van der Waals surface area contributed by atoms with Crippen molar-refractivity contribution in [1.82, 2.24) is 10.7 Å². The molecular weight excluding hydrogens is 202 g/mol. The zero-order valence-electron chi connectivity index (χ0n) is 7.41. The van der Waals surface area contributed by atoms with Crippen molar-refractivity contribution in [3.8, 4) is 0 Å². The molecule has 1 aromatic heterocycles. The van der Waals surface area contributed by atoms with E-state index in [1.807, 2.05) is 6.07 Å². The number of hydrazine groups is 1. The first-order valence-corrected chi connectivity index (χ1v) is 5.37. The van der Waals surface area contributed by atoms with Gasteiger partial charge in [0.05, 0.1) is 6.04 Å². The molecule has 0 bridgehead atoms. The van der Waals surface area contributed by atoms with Crippen LogP contribution in [0.4, 0.5) is 0 Å². The molecule has 0 aliphatic heterocycles. The van der Waals surface area contributed by atoms with Crippen molar-refractivity contribution >= 4 is 28.7 Å². The summed E-state index contributed by atoms with van der Waals surface area (Å²) < 4.78 is 0. The van der Waals surface area contributed by atoms with Crippen molar-refractivity contribution in [3.63, 3.8) is 0 Å². The molecule has 0 aromatic carbocycles. The second kappa shape index (κ2) is 5.16. The topological polar surface area (TPSA) is 50.1 Å². The molecule has 0 fully saturated rings. The van der Waals surface area contributed by atoms with E-state index >= 15 is 0 Å². The fourth-order valence-electron chi connectivity index (χ4n) is 1.06. The molecule has 0 amide bonds. The Morgan fingerprint density at radius 2 is 2.54 bits per heavy atom. The molecule has 0 radical (unpaired) electrons. The Bertz CT molecular complexity index is 258. The van der Waals surface area contributed by atoms with Crippen molar-refractivity contribution in [3.05, 3.63) is 22.4 Å². The van der Waals surface area contributed by atoms with Crippen LogP contribution in [0, 0.1) is 0 Å². The van der Waals surface area contributed by atoms with Gasteiger partial charge in [0.15, 0.2) is 5.11 Å². The molecule has 4 N–H and O–H groups in total. The van der Waals surface area contributed by atoms with E-state index in [1.54, 1.807) is 11.3 Å². The Morgan fingerprint density at radius 3 is 3.00 bits per heavy atom. The van der Waals surface area contributed by atoms with E-state index in [0.717, 1.165) is 6.42 Å². The number of hydrogen-bond donors (Lipinski definition) is 3. The van der Waals surface area contributed by atoms with Crippen molar-refractivity contribution in [1.29, 1.82) is 0 Å². The average molecular weight is 215 g/mol. The number of thiocarbonyl (C=S) groups is 1. The van der Waals surface area contributed by atoms with Crippen LogP contribution in [-0.2, 0) is 0 Å². The van der Waals surface area contributed by atoms with Crippen LogP contribution in [-0.4, -0.2) is 5.11 Å². The first-order valence-electron chi connectivity index (χ1n) is 4.08. The Morgan fingerprint density at radius 1 is 1.77 bits per heavy atom. The van der Waals surface area contributed by atoms with Gasteiger partial charge < -0.3 is 10.7 Å². The highest BCUT2D eigenvalue weighted by atomic mass is 32.1. The minimum absolute atomic E-state index is 0.267. The van der Waals surface area contributed by atoms with Crippen molar-refractivity contribution < 1.29 is 0 Å². The summed E-state index contributed by atoms with van der Waals surface area (Å²) in [6, 6.07) is 4.39. The lowest BCUT2D eigenvalue weighted by Crippen LogP contribution is -2.41. The zero-order valence-corrected chi connectivity index (χ0v) is 9.04. The highest BCUT2D eigenvalue weighted by Gasteiger charge is 2.10. The quantitative estimate of drug-likeness (QED) is 0.407. The highest BCUT2D eigenvalue weighted by Crippen LogP contribution is 2.21. The van der Waals surface area contributed by atoms with Crippen LogP contribution in [0.3, 0.4) is 0 Å². The summed E-state index contributed by atoms with van der Waals surface area (Å²) in [5, 5.41) is 5.66. The monoisotopic (exact) mass is 215 g/mol. The number of nitrogens with one attached hydrogen (secondary N) is 2. The maximum absolute atomic E-state index is 5.18. The van der Waals surface area contributed by atoms with Crippen molar-refractivity contribution in [2.75, 3.05) is 0 Å². The second-order valence-electron chi connectivity index (χ2n) is 2.59. The lowest BCUT2D eigenvalue weighted by atomic mass is 10.2. The lowest BCUT2D eigenvalue weighted by Gasteiger charge is -2.16. The molecular formula is C8H13N3S2. The fraction of sp³-hybridized carbons (Fsp3) is 0.375. The van der Waals surface area contributed by atoms with E-state index in [-0.39, 0.29) is 6.04 Å². The molecule has 1 unspecified atom stereocenters. The summed E-state index contributed by atoms with van der Waals surface area (Å²) in [6.07, 6.45) is 0.988. The number of rotatable bonds is 3. The maximum Gasteiger partial charge on any atom is 0.181 e. The molecule has 72 valence electrons. The molecule has 3 nitrogen and oxygen atoms in total. The Balaban J connectivity index is 2.58. The molecule has 0 aliphatic rings. The lowest BCUT2D eigenvalue weighted by molar-refractivity contribution is 0.629. The number of hydrogen-bond acceptors (Lipinski definition) is 3. The molecule has 0 saturated carbocycles. The van der Waals surface area contributed by atoms with E-state index in [2.05, 4.69) is 29.1 Å². The highest BCUT2D eigenvalue weighted by molar-refractivity contribution is 7.80. The Hall–Kier alpha value is -0.650. The van der Waals surface area contributed by atoms with Gasteiger partial charge in [-0.1, -0.05) is 13.0 Å². The van der Waals surface area contributed by atoms with Gasteiger partial charge in [-0.05, 0) is 30.1 Å². The van der Waals surface area contributed by atoms with E-state index in [1.165, 1.54) is 4.88 Å². The van der Waals surface area contributed by atoms with Gasteiger partial charge >= 0.3 is 0 Å². The standard InChI is InChI=1S/C8H13N3S2/c1-2-6(10-8(12)11-9)7-4-3-5-13-7/h3-6H,2,9H2,1H3,(H2,10,11,12). The summed E-state index contributed by atoms with van der Waals surface area (Å²) in [7, 11) is 0. The molecule has 5 heteroatoms. The molecule has 0 aliphatic carbocycles. The van der Waals surface area contributed by atoms with Crippen molar-refractivity contribution in [2.24, 2.45) is 5.84 Å². The van der Waals surface area contributed by atoms with Crippen LogP contribution in [0.25, 0.3) is 0 Å². The van der Waals surface area contributed by atoms with Gasteiger partial charge in [-0.3, -0.25) is 0 Å². The molecule has 13 heavy (non-hydrogen) atoms. The Kier molecular flexibility index (Phi) is 4.14. The van der Waals surface area contributed by atoms with Gasteiger partial charge in [-0.2, -0.15) is 0 Å². The fourth-order valence-corrected chi connectivity index (χ4v) is 2.07. The van der Waals surface area contributed by atoms with E-state index in [4.69, 9.17) is 18.1 Å². The molecule has 1 heterocycles. The zero-order chi connectivity index (χ0) is 9.68. The molecule has 1 rings (SSSR count). The first-order chi connectivity index (χ1) is 6.27. The van der Waals surface area contributed by atoms with Crippen LogP contribution in [0.1, 0.15) is 24.3 Å². The largest absolute Gasteiger partial charge is 0.354 e. The summed E-state index contributed by atoms with van der Waals surface area (Å²) in [4.78, 5) is 1.28. The van der Waals surface area contributed by atoms with E-state index in [9.17, 15) is 0 Å². The third-order valence-electron chi connectivity index (χ3n) is 1.73. The summed E-state index contributed by atoms with van der Waals surface area (Å²) in [6.45, 7) is 2.11. The second-order valence-corrected chi connectivity index (χ2v) is 3.98. The van der Waals surface area contributed by atoms with Crippen molar-refractivity contribution in [2.45, 2.75) is 19.4 Å². The van der Waals surface area contributed by atoms with Gasteiger partial charge in [-0.25, -0.2) is 5.84 Å². The normalized spacial score (nSPS) is 12.2. The van der Waals surface area contributed by atoms with Crippen LogP contribution in [0.5, 0.6) is 0 Å². The van der Waals surface area contributed by atoms with E-state index in [0.29, 0.717) is 5.11 Å². The molecule has 1 atom stereocenters. The molecule has 0 saturated heterocycles. The minimum Gasteiger partial charge on any atom is -0.354 e. The average Bonchev–Trinajstić information content (AvgIpc) is 2.66. The van der Waals surface area contributed by atoms with Gasteiger partial charge in [0, 0.05) is 4.88 Å². The predicted octanol–water partition coefficient (Wildman–Crippen LogP) is 1.54.